The summed E-state index contributed by atoms with van der Waals surface area (Å²) in [5.41, 5.74) is 4.36. The van der Waals surface area contributed by atoms with Gasteiger partial charge in [-0.2, -0.15) is 0 Å². The first-order chi connectivity index (χ1) is 13.3. The Balaban J connectivity index is 1.82. The molecular weight excluding hydrogens is 372 g/mol. The van der Waals surface area contributed by atoms with Crippen LogP contribution in [0.4, 0.5) is 11.4 Å². The van der Waals surface area contributed by atoms with E-state index in [9.17, 15) is 13.2 Å². The summed E-state index contributed by atoms with van der Waals surface area (Å²) < 4.78 is 27.7. The van der Waals surface area contributed by atoms with E-state index in [1.54, 1.807) is 42.5 Å². The molecule has 28 heavy (non-hydrogen) atoms. The zero-order valence-corrected chi connectivity index (χ0v) is 16.8. The van der Waals surface area contributed by atoms with E-state index in [-0.39, 0.29) is 10.8 Å². The Morgan fingerprint density at radius 2 is 1.43 bits per heavy atom. The van der Waals surface area contributed by atoms with Gasteiger partial charge in [0.1, 0.15) is 0 Å². The van der Waals surface area contributed by atoms with Gasteiger partial charge >= 0.3 is 0 Å². The first-order valence-electron chi connectivity index (χ1n) is 8.83. The van der Waals surface area contributed by atoms with Gasteiger partial charge in [0.15, 0.2) is 0 Å². The Labute approximate surface area is 165 Å². The van der Waals surface area contributed by atoms with Gasteiger partial charge in [-0.3, -0.25) is 9.52 Å². The van der Waals surface area contributed by atoms with Gasteiger partial charge in [-0.15, -0.1) is 0 Å². The van der Waals surface area contributed by atoms with Gasteiger partial charge in [-0.25, -0.2) is 8.42 Å². The normalized spacial score (nSPS) is 11.1. The van der Waals surface area contributed by atoms with Crippen LogP contribution in [-0.2, 0) is 10.0 Å². The molecule has 0 spiro atoms. The topological polar surface area (TPSA) is 75.3 Å². The molecule has 0 aliphatic heterocycles. The second-order valence-electron chi connectivity index (χ2n) is 6.72. The molecule has 0 saturated heterocycles. The van der Waals surface area contributed by atoms with Crippen molar-refractivity contribution < 1.29 is 13.2 Å². The molecule has 0 unspecified atom stereocenters. The van der Waals surface area contributed by atoms with E-state index in [2.05, 4.69) is 10.0 Å². The highest BCUT2D eigenvalue weighted by atomic mass is 32.2. The van der Waals surface area contributed by atoms with Gasteiger partial charge in [0, 0.05) is 16.9 Å². The molecule has 3 aromatic rings. The van der Waals surface area contributed by atoms with Crippen LogP contribution < -0.4 is 10.0 Å². The highest BCUT2D eigenvalue weighted by Gasteiger charge is 2.15. The van der Waals surface area contributed by atoms with Crippen molar-refractivity contribution in [1.29, 1.82) is 0 Å². The smallest absolute Gasteiger partial charge is 0.261 e. The third-order valence-electron chi connectivity index (χ3n) is 4.43. The Morgan fingerprint density at radius 3 is 2.07 bits per heavy atom. The molecule has 0 bridgehead atoms. The number of carbonyl (C=O) groups excluding carboxylic acids is 1. The summed E-state index contributed by atoms with van der Waals surface area (Å²) in [4.78, 5) is 12.8. The van der Waals surface area contributed by atoms with Crippen molar-refractivity contribution >= 4 is 27.3 Å². The average molecular weight is 394 g/mol. The van der Waals surface area contributed by atoms with Crippen LogP contribution in [0.15, 0.2) is 71.6 Å². The molecule has 3 rings (SSSR count). The maximum Gasteiger partial charge on any atom is 0.261 e. The molecule has 0 heterocycles. The monoisotopic (exact) mass is 394 g/mol. The molecule has 144 valence electrons. The summed E-state index contributed by atoms with van der Waals surface area (Å²) in [7, 11) is -3.73. The van der Waals surface area contributed by atoms with E-state index >= 15 is 0 Å². The van der Waals surface area contributed by atoms with Gasteiger partial charge in [-0.05, 0) is 62.2 Å². The van der Waals surface area contributed by atoms with Crippen molar-refractivity contribution in [3.8, 4) is 0 Å². The van der Waals surface area contributed by atoms with Crippen molar-refractivity contribution in [3.63, 3.8) is 0 Å². The van der Waals surface area contributed by atoms with Gasteiger partial charge in [0.25, 0.3) is 15.9 Å². The third-order valence-corrected chi connectivity index (χ3v) is 5.83. The van der Waals surface area contributed by atoms with Crippen LogP contribution in [0.25, 0.3) is 0 Å². The van der Waals surface area contributed by atoms with Crippen molar-refractivity contribution in [2.45, 2.75) is 25.7 Å². The number of sulfonamides is 1. The standard InChI is InChI=1S/C22H22N2O3S/c1-15-10-12-20(13-11-15)28(26,27)24-19-9-5-8-18(14-19)22(25)23-21-16(2)6-4-7-17(21)3/h4-14,24H,1-3H3,(H,23,25). The van der Waals surface area contributed by atoms with Crippen LogP contribution in [0.3, 0.4) is 0 Å². The molecule has 0 atom stereocenters. The average Bonchev–Trinajstić information content (AvgIpc) is 2.65. The van der Waals surface area contributed by atoms with E-state index in [4.69, 9.17) is 0 Å². The minimum atomic E-state index is -3.73. The molecular formula is C22H22N2O3S. The Morgan fingerprint density at radius 1 is 0.821 bits per heavy atom. The van der Waals surface area contributed by atoms with E-state index in [1.165, 1.54) is 6.07 Å². The van der Waals surface area contributed by atoms with E-state index in [0.29, 0.717) is 11.3 Å². The van der Waals surface area contributed by atoms with Crippen molar-refractivity contribution in [2.24, 2.45) is 0 Å². The lowest BCUT2D eigenvalue weighted by Gasteiger charge is -2.13. The third kappa shape index (κ3) is 4.40. The lowest BCUT2D eigenvalue weighted by molar-refractivity contribution is 0.102. The largest absolute Gasteiger partial charge is 0.322 e. The number of aryl methyl sites for hydroxylation is 3. The number of hydrogen-bond donors (Lipinski definition) is 2. The molecule has 0 aromatic heterocycles. The minimum absolute atomic E-state index is 0.170. The van der Waals surface area contributed by atoms with Crippen LogP contribution in [-0.4, -0.2) is 14.3 Å². The fourth-order valence-corrected chi connectivity index (χ4v) is 3.90. The number of hydrogen-bond acceptors (Lipinski definition) is 3. The van der Waals surface area contributed by atoms with Crippen LogP contribution >= 0.6 is 0 Å². The van der Waals surface area contributed by atoms with Crippen molar-refractivity contribution in [2.75, 3.05) is 10.0 Å². The second-order valence-corrected chi connectivity index (χ2v) is 8.40. The van der Waals surface area contributed by atoms with Crippen LogP contribution in [0.1, 0.15) is 27.0 Å². The lowest BCUT2D eigenvalue weighted by Crippen LogP contribution is -2.16. The number of benzene rings is 3. The predicted octanol–water partition coefficient (Wildman–Crippen LogP) is 4.66. The molecule has 0 aliphatic rings. The number of carbonyl (C=O) groups is 1. The van der Waals surface area contributed by atoms with Gasteiger partial charge in [0.05, 0.1) is 4.90 Å². The number of rotatable bonds is 5. The molecule has 3 aromatic carbocycles. The lowest BCUT2D eigenvalue weighted by atomic mass is 10.1. The summed E-state index contributed by atoms with van der Waals surface area (Å²) in [6.07, 6.45) is 0. The molecule has 0 aliphatic carbocycles. The fraction of sp³-hybridized carbons (Fsp3) is 0.136. The molecule has 5 nitrogen and oxygen atoms in total. The van der Waals surface area contributed by atoms with Crippen LogP contribution in [0.2, 0.25) is 0 Å². The number of nitrogens with one attached hydrogen (secondary N) is 2. The summed E-state index contributed by atoms with van der Waals surface area (Å²) in [6.45, 7) is 5.74. The summed E-state index contributed by atoms with van der Waals surface area (Å²) in [5, 5.41) is 2.91. The summed E-state index contributed by atoms with van der Waals surface area (Å²) in [6, 6.07) is 18.8. The Bertz CT molecular complexity index is 1100. The second kappa shape index (κ2) is 7.86. The van der Waals surface area contributed by atoms with Crippen molar-refractivity contribution in [1.82, 2.24) is 0 Å². The Kier molecular flexibility index (Phi) is 5.51. The fourth-order valence-electron chi connectivity index (χ4n) is 2.85. The quantitative estimate of drug-likeness (QED) is 0.661. The predicted molar refractivity (Wildman–Crippen MR) is 112 cm³/mol. The van der Waals surface area contributed by atoms with Gasteiger partial charge < -0.3 is 5.32 Å². The molecule has 0 radical (unpaired) electrons. The van der Waals surface area contributed by atoms with E-state index in [1.807, 2.05) is 39.0 Å². The highest BCUT2D eigenvalue weighted by Crippen LogP contribution is 2.22. The van der Waals surface area contributed by atoms with E-state index < -0.39 is 10.0 Å². The van der Waals surface area contributed by atoms with Crippen molar-refractivity contribution in [3.05, 3.63) is 89.0 Å². The van der Waals surface area contributed by atoms with Crippen LogP contribution in [0, 0.1) is 20.8 Å². The number of anilines is 2. The highest BCUT2D eigenvalue weighted by molar-refractivity contribution is 7.92. The number of para-hydroxylation sites is 1. The zero-order valence-electron chi connectivity index (χ0n) is 16.0. The Hall–Kier alpha value is -3.12. The summed E-state index contributed by atoms with van der Waals surface area (Å²) >= 11 is 0. The zero-order chi connectivity index (χ0) is 20.3. The molecule has 2 N–H and O–H groups in total. The SMILES string of the molecule is Cc1ccc(S(=O)(=O)Nc2cccc(C(=O)Nc3c(C)cccc3C)c2)cc1. The molecule has 0 saturated carbocycles. The van der Waals surface area contributed by atoms with Gasteiger partial charge in [0.2, 0.25) is 0 Å². The number of amides is 1. The first kappa shape index (κ1) is 19.6. The van der Waals surface area contributed by atoms with Crippen LogP contribution in [0.5, 0.6) is 0 Å². The molecule has 6 heteroatoms. The van der Waals surface area contributed by atoms with E-state index in [0.717, 1.165) is 22.4 Å². The minimum Gasteiger partial charge on any atom is -0.322 e. The first-order valence-corrected chi connectivity index (χ1v) is 10.3. The maximum absolute atomic E-state index is 12.7. The maximum atomic E-state index is 12.7. The molecule has 0 fully saturated rings. The molecule has 1 amide bonds. The van der Waals surface area contributed by atoms with Gasteiger partial charge in [-0.1, -0.05) is 42.0 Å². The summed E-state index contributed by atoms with van der Waals surface area (Å²) in [5.74, 6) is -0.297.